The van der Waals surface area contributed by atoms with Crippen molar-refractivity contribution in [1.29, 1.82) is 0 Å². The fourth-order valence-electron chi connectivity index (χ4n) is 2.45. The van der Waals surface area contributed by atoms with Crippen LogP contribution < -0.4 is 14.7 Å². The van der Waals surface area contributed by atoms with Gasteiger partial charge in [-0.05, 0) is 48.5 Å². The lowest BCUT2D eigenvalue weighted by Gasteiger charge is -2.12. The molecule has 0 bridgehead atoms. The van der Waals surface area contributed by atoms with Gasteiger partial charge in [0.2, 0.25) is 0 Å². The van der Waals surface area contributed by atoms with Gasteiger partial charge in [0.25, 0.3) is 11.6 Å². The third kappa shape index (κ3) is 4.78. The number of thioether (sulfide) groups is 1. The molecule has 1 amide bonds. The first-order valence-corrected chi connectivity index (χ1v) is 10.7. The molecular formula is C18H15N3O7S2. The summed E-state index contributed by atoms with van der Waals surface area (Å²) in [6.07, 6.45) is 1.54. The maximum Gasteiger partial charge on any atom is 0.339 e. The summed E-state index contributed by atoms with van der Waals surface area (Å²) >= 11 is 1.02. The Labute approximate surface area is 175 Å². The number of rotatable bonds is 7. The average molecular weight is 449 g/mol. The lowest BCUT2D eigenvalue weighted by atomic mass is 10.2. The van der Waals surface area contributed by atoms with Crippen LogP contribution in [0.2, 0.25) is 0 Å². The highest BCUT2D eigenvalue weighted by Gasteiger charge is 2.23. The number of carbonyl (C=O) groups excluding carboxylic acids is 1. The molecule has 12 heteroatoms. The highest BCUT2D eigenvalue weighted by Crippen LogP contribution is 2.34. The molecule has 0 aromatic heterocycles. The van der Waals surface area contributed by atoms with E-state index in [1.54, 1.807) is 6.92 Å². The van der Waals surface area contributed by atoms with Crippen molar-refractivity contribution in [2.75, 3.05) is 6.61 Å². The SMILES string of the molecule is CCOc1cc(/C=C2\SC(N)=NC2=O)ccc1OS(=O)(=O)c1cccc([N+](=O)[O-])c1. The Morgan fingerprint density at radius 2 is 2.00 bits per heavy atom. The molecular weight excluding hydrogens is 434 g/mol. The van der Waals surface area contributed by atoms with E-state index in [1.807, 2.05) is 0 Å². The number of non-ortho nitro benzene ring substituents is 1. The molecule has 0 saturated heterocycles. The highest BCUT2D eigenvalue weighted by atomic mass is 32.2. The lowest BCUT2D eigenvalue weighted by molar-refractivity contribution is -0.385. The van der Waals surface area contributed by atoms with E-state index in [2.05, 4.69) is 4.99 Å². The molecule has 1 heterocycles. The minimum Gasteiger partial charge on any atom is -0.490 e. The van der Waals surface area contributed by atoms with Crippen LogP contribution in [0, 0.1) is 10.1 Å². The van der Waals surface area contributed by atoms with Gasteiger partial charge in [-0.3, -0.25) is 14.9 Å². The summed E-state index contributed by atoms with van der Waals surface area (Å²) in [4.78, 5) is 25.5. The molecule has 2 N–H and O–H groups in total. The van der Waals surface area contributed by atoms with Crippen molar-refractivity contribution in [3.8, 4) is 11.5 Å². The first-order valence-electron chi connectivity index (χ1n) is 8.43. The van der Waals surface area contributed by atoms with Crippen LogP contribution in [-0.2, 0) is 14.9 Å². The Morgan fingerprint density at radius 3 is 2.63 bits per heavy atom. The number of hydrogen-bond acceptors (Lipinski definition) is 9. The predicted molar refractivity (Wildman–Crippen MR) is 111 cm³/mol. The number of aliphatic imine (C=N–C) groups is 1. The normalized spacial score (nSPS) is 15.2. The third-order valence-electron chi connectivity index (χ3n) is 3.72. The molecule has 3 rings (SSSR count). The van der Waals surface area contributed by atoms with Gasteiger partial charge in [0.1, 0.15) is 4.90 Å². The van der Waals surface area contributed by atoms with E-state index in [9.17, 15) is 23.3 Å². The summed E-state index contributed by atoms with van der Waals surface area (Å²) in [7, 11) is -4.35. The summed E-state index contributed by atoms with van der Waals surface area (Å²) in [5, 5.41) is 11.0. The molecule has 0 aliphatic carbocycles. The van der Waals surface area contributed by atoms with E-state index in [0.717, 1.165) is 17.8 Å². The summed E-state index contributed by atoms with van der Waals surface area (Å²) in [6, 6.07) is 8.90. The zero-order valence-corrected chi connectivity index (χ0v) is 17.1. The van der Waals surface area contributed by atoms with Crippen molar-refractivity contribution >= 4 is 44.7 Å². The van der Waals surface area contributed by atoms with Gasteiger partial charge >= 0.3 is 10.1 Å². The van der Waals surface area contributed by atoms with Crippen LogP contribution in [-0.4, -0.2) is 31.0 Å². The molecule has 10 nitrogen and oxygen atoms in total. The monoisotopic (exact) mass is 449 g/mol. The van der Waals surface area contributed by atoms with Crippen LogP contribution >= 0.6 is 11.8 Å². The zero-order chi connectivity index (χ0) is 21.9. The molecule has 2 aromatic rings. The minimum absolute atomic E-state index is 0.105. The summed E-state index contributed by atoms with van der Waals surface area (Å²) in [5.41, 5.74) is 5.68. The second kappa shape index (κ2) is 8.55. The van der Waals surface area contributed by atoms with Gasteiger partial charge < -0.3 is 14.7 Å². The quantitative estimate of drug-likeness (QED) is 0.291. The minimum atomic E-state index is -4.35. The number of amides is 1. The van der Waals surface area contributed by atoms with E-state index in [0.29, 0.717) is 10.5 Å². The molecule has 0 atom stereocenters. The predicted octanol–water partition coefficient (Wildman–Crippen LogP) is 2.69. The first-order chi connectivity index (χ1) is 14.2. The van der Waals surface area contributed by atoms with Gasteiger partial charge in [-0.25, -0.2) is 0 Å². The largest absolute Gasteiger partial charge is 0.490 e. The van der Waals surface area contributed by atoms with E-state index in [-0.39, 0.29) is 33.9 Å². The van der Waals surface area contributed by atoms with E-state index in [4.69, 9.17) is 14.7 Å². The molecule has 0 spiro atoms. The average Bonchev–Trinajstić information content (AvgIpc) is 3.01. The van der Waals surface area contributed by atoms with Crippen molar-refractivity contribution in [3.05, 3.63) is 63.0 Å². The fraction of sp³-hybridized carbons (Fsp3) is 0.111. The Balaban J connectivity index is 1.92. The van der Waals surface area contributed by atoms with Crippen molar-refractivity contribution in [1.82, 2.24) is 0 Å². The van der Waals surface area contributed by atoms with Crippen molar-refractivity contribution in [2.45, 2.75) is 11.8 Å². The van der Waals surface area contributed by atoms with Crippen molar-refractivity contribution in [3.63, 3.8) is 0 Å². The van der Waals surface area contributed by atoms with Gasteiger partial charge in [0.15, 0.2) is 16.7 Å². The smallest absolute Gasteiger partial charge is 0.339 e. The second-order valence-corrected chi connectivity index (χ2v) is 8.41. The number of amidine groups is 1. The van der Waals surface area contributed by atoms with Crippen molar-refractivity contribution in [2.24, 2.45) is 10.7 Å². The molecule has 0 radical (unpaired) electrons. The van der Waals surface area contributed by atoms with Crippen LogP contribution in [0.5, 0.6) is 11.5 Å². The molecule has 0 saturated carbocycles. The van der Waals surface area contributed by atoms with Crippen LogP contribution in [0.4, 0.5) is 5.69 Å². The van der Waals surface area contributed by atoms with Crippen molar-refractivity contribution < 1.29 is 27.1 Å². The number of hydrogen-bond donors (Lipinski definition) is 1. The summed E-state index contributed by atoms with van der Waals surface area (Å²) < 4.78 is 35.8. The standard InChI is InChI=1S/C18H15N3O7S2/c1-2-27-15-8-11(9-16-17(22)20-18(19)29-16)6-7-14(15)28-30(25,26)13-5-3-4-12(10-13)21(23)24/h3-10H,2H2,1H3,(H2,19,20,22)/b16-9-. The Bertz CT molecular complexity index is 1190. The number of nitrogens with two attached hydrogens (primary N) is 1. The topological polar surface area (TPSA) is 151 Å². The summed E-state index contributed by atoms with van der Waals surface area (Å²) in [5.74, 6) is -0.458. The third-order valence-corrected chi connectivity index (χ3v) is 5.76. The van der Waals surface area contributed by atoms with Crippen LogP contribution in [0.1, 0.15) is 12.5 Å². The summed E-state index contributed by atoms with van der Waals surface area (Å²) in [6.45, 7) is 1.92. The van der Waals surface area contributed by atoms with E-state index >= 15 is 0 Å². The van der Waals surface area contributed by atoms with Crippen LogP contribution in [0.25, 0.3) is 6.08 Å². The fourth-order valence-corrected chi connectivity index (χ4v) is 4.11. The Hall–Kier alpha value is -3.38. The van der Waals surface area contributed by atoms with E-state index in [1.165, 1.54) is 42.5 Å². The molecule has 30 heavy (non-hydrogen) atoms. The first kappa shape index (κ1) is 21.3. The number of nitrogens with zero attached hydrogens (tertiary/aromatic N) is 2. The lowest BCUT2D eigenvalue weighted by Crippen LogP contribution is -2.11. The number of ether oxygens (including phenoxy) is 1. The molecule has 1 aliphatic rings. The van der Waals surface area contributed by atoms with Crippen LogP contribution in [0.15, 0.2) is 57.3 Å². The number of benzene rings is 2. The maximum atomic E-state index is 12.6. The van der Waals surface area contributed by atoms with Gasteiger partial charge in [0.05, 0.1) is 16.4 Å². The van der Waals surface area contributed by atoms with Gasteiger partial charge in [-0.2, -0.15) is 13.4 Å². The van der Waals surface area contributed by atoms with Gasteiger partial charge in [0, 0.05) is 12.1 Å². The Kier molecular flexibility index (Phi) is 6.08. The molecule has 2 aromatic carbocycles. The Morgan fingerprint density at radius 1 is 1.23 bits per heavy atom. The maximum absolute atomic E-state index is 12.6. The molecule has 1 aliphatic heterocycles. The number of nitro groups is 1. The van der Waals surface area contributed by atoms with Gasteiger partial charge in [-0.1, -0.05) is 12.1 Å². The molecule has 0 fully saturated rings. The number of carbonyl (C=O) groups is 1. The number of nitro benzene ring substituents is 1. The van der Waals surface area contributed by atoms with E-state index < -0.39 is 20.9 Å². The second-order valence-electron chi connectivity index (χ2n) is 5.80. The highest BCUT2D eigenvalue weighted by molar-refractivity contribution is 8.18. The zero-order valence-electron chi connectivity index (χ0n) is 15.5. The van der Waals surface area contributed by atoms with Gasteiger partial charge in [-0.15, -0.1) is 0 Å². The van der Waals surface area contributed by atoms with Crippen LogP contribution in [0.3, 0.4) is 0 Å². The molecule has 156 valence electrons. The molecule has 0 unspecified atom stereocenters.